The van der Waals surface area contributed by atoms with Gasteiger partial charge in [-0.3, -0.25) is 0 Å². The Labute approximate surface area is 111 Å². The van der Waals surface area contributed by atoms with Crippen molar-refractivity contribution in [3.8, 4) is 0 Å². The van der Waals surface area contributed by atoms with Crippen LogP contribution >= 0.6 is 0 Å². The van der Waals surface area contributed by atoms with Gasteiger partial charge in [-0.25, -0.2) is 0 Å². The lowest BCUT2D eigenvalue weighted by molar-refractivity contribution is 0.222. The molecule has 1 heteroatoms. The van der Waals surface area contributed by atoms with E-state index < -0.39 is 0 Å². The number of hydrogen-bond donors (Lipinski definition) is 1. The molecule has 0 bridgehead atoms. The fraction of sp³-hybridized carbons (Fsp3) is 0.647. The smallest absolute Gasteiger partial charge is 0.0328 e. The maximum atomic E-state index is 6.57. The van der Waals surface area contributed by atoms with Crippen molar-refractivity contribution in [2.75, 3.05) is 0 Å². The maximum Gasteiger partial charge on any atom is 0.0328 e. The van der Waals surface area contributed by atoms with E-state index in [0.29, 0.717) is 11.3 Å². The molecule has 1 aromatic carbocycles. The average molecular weight is 243 g/mol. The van der Waals surface area contributed by atoms with Crippen molar-refractivity contribution in [1.29, 1.82) is 0 Å². The molecule has 0 aliphatic heterocycles. The molecule has 2 N–H and O–H groups in total. The molecule has 0 saturated heterocycles. The largest absolute Gasteiger partial charge is 0.324 e. The van der Waals surface area contributed by atoms with Gasteiger partial charge in [-0.2, -0.15) is 0 Å². The summed E-state index contributed by atoms with van der Waals surface area (Å²) in [5.74, 6) is 0.650. The van der Waals surface area contributed by atoms with Gasteiger partial charge in [0.15, 0.2) is 0 Å². The van der Waals surface area contributed by atoms with Crippen molar-refractivity contribution < 1.29 is 0 Å². The number of benzene rings is 1. The quantitative estimate of drug-likeness (QED) is 0.834. The molecule has 1 fully saturated rings. The van der Waals surface area contributed by atoms with Crippen LogP contribution in [0.5, 0.6) is 0 Å². The minimum Gasteiger partial charge on any atom is -0.324 e. The number of aryl methyl sites for hydroxylation is 2. The fourth-order valence-corrected chi connectivity index (χ4v) is 4.05. The monoisotopic (exact) mass is 243 g/mol. The van der Waals surface area contributed by atoms with Gasteiger partial charge < -0.3 is 5.73 Å². The van der Waals surface area contributed by atoms with E-state index in [0.717, 1.165) is 0 Å². The first-order valence-corrected chi connectivity index (χ1v) is 7.45. The topological polar surface area (TPSA) is 26.0 Å². The summed E-state index contributed by atoms with van der Waals surface area (Å²) in [5, 5.41) is 0. The van der Waals surface area contributed by atoms with Crippen LogP contribution < -0.4 is 5.73 Å². The molecule has 0 radical (unpaired) electrons. The molecule has 1 saturated carbocycles. The predicted octanol–water partition coefficient (Wildman–Crippen LogP) is 4.00. The summed E-state index contributed by atoms with van der Waals surface area (Å²) in [6.07, 6.45) is 7.81. The molecule has 0 heterocycles. The highest BCUT2D eigenvalue weighted by Gasteiger charge is 2.38. The second-order valence-electron chi connectivity index (χ2n) is 6.89. The van der Waals surface area contributed by atoms with Crippen molar-refractivity contribution in [3.63, 3.8) is 0 Å². The Bertz CT molecular complexity index is 447. The molecule has 0 aromatic heterocycles. The second-order valence-corrected chi connectivity index (χ2v) is 6.89. The van der Waals surface area contributed by atoms with Gasteiger partial charge >= 0.3 is 0 Å². The number of fused-ring (bicyclic) bond motifs is 1. The molecule has 0 amide bonds. The highest BCUT2D eigenvalue weighted by atomic mass is 14.7. The lowest BCUT2D eigenvalue weighted by Gasteiger charge is -2.32. The van der Waals surface area contributed by atoms with Gasteiger partial charge in [0.25, 0.3) is 0 Å². The summed E-state index contributed by atoms with van der Waals surface area (Å²) in [4.78, 5) is 0. The summed E-state index contributed by atoms with van der Waals surface area (Å²) in [5.41, 5.74) is 11.5. The summed E-state index contributed by atoms with van der Waals surface area (Å²) in [6, 6.07) is 7.22. The number of hydrogen-bond acceptors (Lipinski definition) is 1. The van der Waals surface area contributed by atoms with Crippen LogP contribution in [0.4, 0.5) is 0 Å². The van der Waals surface area contributed by atoms with E-state index in [4.69, 9.17) is 5.73 Å². The van der Waals surface area contributed by atoms with E-state index in [1.54, 1.807) is 11.1 Å². The van der Waals surface area contributed by atoms with Crippen LogP contribution in [0, 0.1) is 11.3 Å². The van der Waals surface area contributed by atoms with Gasteiger partial charge in [0.05, 0.1) is 0 Å². The third-order valence-corrected chi connectivity index (χ3v) is 5.28. The van der Waals surface area contributed by atoms with E-state index >= 15 is 0 Å². The maximum absolute atomic E-state index is 6.57. The first kappa shape index (κ1) is 12.2. The molecule has 2 atom stereocenters. The van der Waals surface area contributed by atoms with Crippen molar-refractivity contribution in [1.82, 2.24) is 0 Å². The molecule has 98 valence electrons. The molecular weight excluding hydrogens is 218 g/mol. The fourth-order valence-electron chi connectivity index (χ4n) is 4.05. The Hall–Kier alpha value is -0.820. The summed E-state index contributed by atoms with van der Waals surface area (Å²) < 4.78 is 0. The number of rotatable bonds is 2. The van der Waals surface area contributed by atoms with Gasteiger partial charge in [0.1, 0.15) is 0 Å². The Balaban J connectivity index is 1.86. The molecule has 2 aliphatic carbocycles. The van der Waals surface area contributed by atoms with Gasteiger partial charge in [-0.15, -0.1) is 0 Å². The Morgan fingerprint density at radius 1 is 1.17 bits per heavy atom. The van der Waals surface area contributed by atoms with Gasteiger partial charge in [0.2, 0.25) is 0 Å². The third kappa shape index (κ3) is 1.99. The van der Waals surface area contributed by atoms with E-state index in [2.05, 4.69) is 32.0 Å². The Morgan fingerprint density at radius 2 is 1.94 bits per heavy atom. The molecule has 2 aliphatic rings. The Kier molecular flexibility index (Phi) is 2.97. The van der Waals surface area contributed by atoms with Crippen LogP contribution in [0.15, 0.2) is 18.2 Å². The predicted molar refractivity (Wildman–Crippen MR) is 76.5 cm³/mol. The molecular formula is C17H25N. The zero-order valence-electron chi connectivity index (χ0n) is 11.7. The average Bonchev–Trinajstić information content (AvgIpc) is 2.92. The zero-order valence-corrected chi connectivity index (χ0v) is 11.7. The van der Waals surface area contributed by atoms with E-state index in [1.807, 2.05) is 0 Å². The molecule has 18 heavy (non-hydrogen) atoms. The van der Waals surface area contributed by atoms with Gasteiger partial charge in [-0.05, 0) is 60.1 Å². The highest BCUT2D eigenvalue weighted by molar-refractivity contribution is 5.36. The van der Waals surface area contributed by atoms with Gasteiger partial charge in [0, 0.05) is 6.04 Å². The summed E-state index contributed by atoms with van der Waals surface area (Å²) in [7, 11) is 0. The van der Waals surface area contributed by atoms with Crippen LogP contribution in [0.1, 0.15) is 62.3 Å². The summed E-state index contributed by atoms with van der Waals surface area (Å²) >= 11 is 0. The van der Waals surface area contributed by atoms with Crippen LogP contribution in [0.25, 0.3) is 0 Å². The zero-order chi connectivity index (χ0) is 12.8. The minimum absolute atomic E-state index is 0.230. The van der Waals surface area contributed by atoms with E-state index in [1.165, 1.54) is 44.1 Å². The molecule has 1 aromatic rings. The molecule has 3 rings (SSSR count). The lowest BCUT2D eigenvalue weighted by Crippen LogP contribution is -2.29. The number of nitrogens with two attached hydrogens (primary N) is 1. The van der Waals surface area contributed by atoms with Crippen LogP contribution in [-0.2, 0) is 12.8 Å². The first-order valence-electron chi connectivity index (χ1n) is 7.45. The molecule has 2 unspecified atom stereocenters. The SMILES string of the molecule is CC1(C)CCCC1C(N)c1ccc2c(c1)CCC2. The van der Waals surface area contributed by atoms with E-state index in [9.17, 15) is 0 Å². The van der Waals surface area contributed by atoms with Crippen molar-refractivity contribution in [2.45, 2.75) is 58.4 Å². The van der Waals surface area contributed by atoms with Crippen molar-refractivity contribution in [2.24, 2.45) is 17.1 Å². The molecule has 1 nitrogen and oxygen atoms in total. The van der Waals surface area contributed by atoms with Crippen molar-refractivity contribution in [3.05, 3.63) is 34.9 Å². The lowest BCUT2D eigenvalue weighted by atomic mass is 9.75. The normalized spacial score (nSPS) is 27.2. The Morgan fingerprint density at radius 3 is 2.67 bits per heavy atom. The second kappa shape index (κ2) is 4.38. The van der Waals surface area contributed by atoms with Crippen LogP contribution in [-0.4, -0.2) is 0 Å². The van der Waals surface area contributed by atoms with E-state index in [-0.39, 0.29) is 6.04 Å². The standard InChI is InChI=1S/C17H25N/c1-17(2)10-4-7-15(17)16(18)14-9-8-12-5-3-6-13(12)11-14/h8-9,11,15-16H,3-7,10,18H2,1-2H3. The minimum atomic E-state index is 0.230. The highest BCUT2D eigenvalue weighted by Crippen LogP contribution is 2.48. The first-order chi connectivity index (χ1) is 8.58. The van der Waals surface area contributed by atoms with Crippen LogP contribution in [0.3, 0.4) is 0 Å². The molecule has 0 spiro atoms. The van der Waals surface area contributed by atoms with Crippen LogP contribution in [0.2, 0.25) is 0 Å². The summed E-state index contributed by atoms with van der Waals surface area (Å²) in [6.45, 7) is 4.77. The third-order valence-electron chi connectivity index (χ3n) is 5.28. The van der Waals surface area contributed by atoms with Crippen molar-refractivity contribution >= 4 is 0 Å². The van der Waals surface area contributed by atoms with Gasteiger partial charge in [-0.1, -0.05) is 38.5 Å².